The standard InChI is InChI=1S/C26H31N5O4/c1-30-12-9-27-24(30)23(20-14-21(34-2)16-22(15-20)35-3)29-26(33)28-17-18-7-6-8-19(13-18)25(32)31-10-4-5-11-31/h6-9,12-16,23H,4-5,10-11,17H2,1-3H3,(H2,28,29,33). The molecule has 0 bridgehead atoms. The van der Waals surface area contributed by atoms with Crippen molar-refractivity contribution in [2.24, 2.45) is 7.05 Å². The Labute approximate surface area is 205 Å². The van der Waals surface area contributed by atoms with Crippen LogP contribution in [0.2, 0.25) is 0 Å². The van der Waals surface area contributed by atoms with E-state index in [9.17, 15) is 9.59 Å². The van der Waals surface area contributed by atoms with Crippen LogP contribution < -0.4 is 20.1 Å². The van der Waals surface area contributed by atoms with Crippen LogP contribution in [0.25, 0.3) is 0 Å². The molecule has 3 aromatic rings. The Morgan fingerprint density at radius 3 is 2.40 bits per heavy atom. The Hall–Kier alpha value is -4.01. The number of carbonyl (C=O) groups is 2. The van der Waals surface area contributed by atoms with Crippen molar-refractivity contribution in [3.8, 4) is 11.5 Å². The summed E-state index contributed by atoms with van der Waals surface area (Å²) in [6, 6.07) is 11.9. The summed E-state index contributed by atoms with van der Waals surface area (Å²) in [4.78, 5) is 32.0. The summed E-state index contributed by atoms with van der Waals surface area (Å²) >= 11 is 0. The Bertz CT molecular complexity index is 1160. The molecule has 9 nitrogen and oxygen atoms in total. The monoisotopic (exact) mass is 477 g/mol. The number of likely N-dealkylation sites (tertiary alicyclic amines) is 1. The van der Waals surface area contributed by atoms with E-state index in [0.29, 0.717) is 22.9 Å². The molecular formula is C26H31N5O4. The van der Waals surface area contributed by atoms with E-state index in [0.717, 1.165) is 37.1 Å². The van der Waals surface area contributed by atoms with E-state index in [-0.39, 0.29) is 18.5 Å². The van der Waals surface area contributed by atoms with Gasteiger partial charge in [-0.3, -0.25) is 4.79 Å². The van der Waals surface area contributed by atoms with Crippen molar-refractivity contribution >= 4 is 11.9 Å². The van der Waals surface area contributed by atoms with Crippen LogP contribution in [0.15, 0.2) is 54.9 Å². The van der Waals surface area contributed by atoms with Gasteiger partial charge in [-0.05, 0) is 48.2 Å². The highest BCUT2D eigenvalue weighted by atomic mass is 16.5. The van der Waals surface area contributed by atoms with Crippen molar-refractivity contribution in [3.63, 3.8) is 0 Å². The zero-order chi connectivity index (χ0) is 24.8. The maximum absolute atomic E-state index is 12.9. The van der Waals surface area contributed by atoms with Gasteiger partial charge in [0.25, 0.3) is 5.91 Å². The summed E-state index contributed by atoms with van der Waals surface area (Å²) < 4.78 is 12.7. The van der Waals surface area contributed by atoms with Gasteiger partial charge in [0.2, 0.25) is 0 Å². The van der Waals surface area contributed by atoms with Crippen LogP contribution in [-0.4, -0.2) is 53.7 Å². The summed E-state index contributed by atoms with van der Waals surface area (Å²) in [5, 5.41) is 5.91. The largest absolute Gasteiger partial charge is 0.497 e. The number of aryl methyl sites for hydroxylation is 1. The van der Waals surface area contributed by atoms with Crippen molar-refractivity contribution in [3.05, 3.63) is 77.4 Å². The smallest absolute Gasteiger partial charge is 0.315 e. The molecule has 1 fully saturated rings. The summed E-state index contributed by atoms with van der Waals surface area (Å²) in [7, 11) is 5.03. The van der Waals surface area contributed by atoms with Gasteiger partial charge in [0.1, 0.15) is 23.4 Å². The van der Waals surface area contributed by atoms with Crippen LogP contribution in [0.3, 0.4) is 0 Å². The van der Waals surface area contributed by atoms with Crippen molar-refractivity contribution in [2.75, 3.05) is 27.3 Å². The molecule has 1 aliphatic rings. The second kappa shape index (κ2) is 10.9. The minimum atomic E-state index is -0.540. The highest BCUT2D eigenvalue weighted by Crippen LogP contribution is 2.29. The number of hydrogen-bond donors (Lipinski definition) is 2. The average Bonchev–Trinajstić information content (AvgIpc) is 3.57. The molecule has 1 atom stereocenters. The van der Waals surface area contributed by atoms with Crippen molar-refractivity contribution in [1.82, 2.24) is 25.1 Å². The molecule has 0 spiro atoms. The molecule has 2 aromatic carbocycles. The van der Waals surface area contributed by atoms with Gasteiger partial charge in [0.05, 0.1) is 14.2 Å². The van der Waals surface area contributed by atoms with Gasteiger partial charge in [0.15, 0.2) is 0 Å². The summed E-state index contributed by atoms with van der Waals surface area (Å²) in [5.41, 5.74) is 2.26. The minimum Gasteiger partial charge on any atom is -0.497 e. The molecule has 1 unspecified atom stereocenters. The molecule has 1 aromatic heterocycles. The molecule has 1 saturated heterocycles. The number of nitrogens with one attached hydrogen (secondary N) is 2. The van der Waals surface area contributed by atoms with Crippen LogP contribution in [0.5, 0.6) is 11.5 Å². The van der Waals surface area contributed by atoms with E-state index in [1.807, 2.05) is 59.1 Å². The van der Waals surface area contributed by atoms with E-state index in [1.165, 1.54) is 0 Å². The average molecular weight is 478 g/mol. The zero-order valence-electron chi connectivity index (χ0n) is 20.3. The molecular weight excluding hydrogens is 446 g/mol. The number of rotatable bonds is 8. The van der Waals surface area contributed by atoms with Crippen molar-refractivity contribution < 1.29 is 19.1 Å². The molecule has 3 amide bonds. The van der Waals surface area contributed by atoms with Crippen LogP contribution in [0.4, 0.5) is 4.79 Å². The molecule has 4 rings (SSSR count). The van der Waals surface area contributed by atoms with E-state index in [2.05, 4.69) is 15.6 Å². The Kier molecular flexibility index (Phi) is 7.54. The second-order valence-electron chi connectivity index (χ2n) is 8.50. The third-order valence-electron chi connectivity index (χ3n) is 6.12. The summed E-state index contributed by atoms with van der Waals surface area (Å²) in [6.07, 6.45) is 5.59. The number of ether oxygens (including phenoxy) is 2. The van der Waals surface area contributed by atoms with Crippen molar-refractivity contribution in [1.29, 1.82) is 0 Å². The first-order valence-corrected chi connectivity index (χ1v) is 11.6. The van der Waals surface area contributed by atoms with Gasteiger partial charge in [-0.2, -0.15) is 0 Å². The lowest BCUT2D eigenvalue weighted by molar-refractivity contribution is 0.0792. The number of amides is 3. The first-order chi connectivity index (χ1) is 17.0. The lowest BCUT2D eigenvalue weighted by Gasteiger charge is -2.21. The number of hydrogen-bond acceptors (Lipinski definition) is 5. The molecule has 2 N–H and O–H groups in total. The number of carbonyl (C=O) groups excluding carboxylic acids is 2. The van der Waals surface area contributed by atoms with Gasteiger partial charge in [-0.1, -0.05) is 12.1 Å². The third kappa shape index (κ3) is 5.74. The summed E-state index contributed by atoms with van der Waals surface area (Å²) in [6.45, 7) is 1.88. The lowest BCUT2D eigenvalue weighted by Crippen LogP contribution is -2.39. The topological polar surface area (TPSA) is 97.7 Å². The highest BCUT2D eigenvalue weighted by molar-refractivity contribution is 5.94. The summed E-state index contributed by atoms with van der Waals surface area (Å²) in [5.74, 6) is 1.92. The van der Waals surface area contributed by atoms with Crippen LogP contribution in [0, 0.1) is 0 Å². The first-order valence-electron chi connectivity index (χ1n) is 11.6. The Morgan fingerprint density at radius 1 is 1.06 bits per heavy atom. The zero-order valence-corrected chi connectivity index (χ0v) is 20.3. The predicted octanol–water partition coefficient (Wildman–Crippen LogP) is 3.26. The lowest BCUT2D eigenvalue weighted by atomic mass is 10.1. The molecule has 2 heterocycles. The van der Waals surface area contributed by atoms with Crippen LogP contribution >= 0.6 is 0 Å². The molecule has 35 heavy (non-hydrogen) atoms. The van der Waals surface area contributed by atoms with Gasteiger partial charge in [-0.15, -0.1) is 0 Å². The number of benzene rings is 2. The quantitative estimate of drug-likeness (QED) is 0.519. The fraction of sp³-hybridized carbons (Fsp3) is 0.346. The Morgan fingerprint density at radius 2 is 1.77 bits per heavy atom. The maximum Gasteiger partial charge on any atom is 0.315 e. The van der Waals surface area contributed by atoms with E-state index < -0.39 is 6.04 Å². The number of urea groups is 1. The van der Waals surface area contributed by atoms with Crippen molar-refractivity contribution in [2.45, 2.75) is 25.4 Å². The molecule has 1 aliphatic heterocycles. The van der Waals surface area contributed by atoms with E-state index >= 15 is 0 Å². The Balaban J connectivity index is 1.48. The minimum absolute atomic E-state index is 0.0376. The van der Waals surface area contributed by atoms with Crippen LogP contribution in [-0.2, 0) is 13.6 Å². The number of methoxy groups -OCH3 is 2. The van der Waals surface area contributed by atoms with E-state index in [4.69, 9.17) is 9.47 Å². The maximum atomic E-state index is 12.9. The number of imidazole rings is 1. The van der Waals surface area contributed by atoms with Gasteiger partial charge < -0.3 is 29.6 Å². The fourth-order valence-corrected chi connectivity index (χ4v) is 4.23. The molecule has 0 saturated carbocycles. The second-order valence-corrected chi connectivity index (χ2v) is 8.50. The highest BCUT2D eigenvalue weighted by Gasteiger charge is 2.23. The molecule has 0 radical (unpaired) electrons. The third-order valence-corrected chi connectivity index (χ3v) is 6.12. The number of aromatic nitrogens is 2. The van der Waals surface area contributed by atoms with Gasteiger partial charge >= 0.3 is 6.03 Å². The molecule has 9 heteroatoms. The predicted molar refractivity (Wildman–Crippen MR) is 132 cm³/mol. The van der Waals surface area contributed by atoms with Gasteiger partial charge in [-0.25, -0.2) is 9.78 Å². The van der Waals surface area contributed by atoms with Crippen LogP contribution in [0.1, 0.15) is 46.2 Å². The molecule has 0 aliphatic carbocycles. The van der Waals surface area contributed by atoms with E-state index in [1.54, 1.807) is 26.5 Å². The normalized spacial score (nSPS) is 13.9. The fourth-order valence-electron chi connectivity index (χ4n) is 4.23. The SMILES string of the molecule is COc1cc(OC)cc(C(NC(=O)NCc2cccc(C(=O)N3CCCC3)c2)c2nccn2C)c1. The first kappa shape index (κ1) is 24.1. The van der Waals surface area contributed by atoms with Gasteiger partial charge in [0, 0.05) is 50.7 Å². The molecule has 184 valence electrons. The number of nitrogens with zero attached hydrogens (tertiary/aromatic N) is 3.